The van der Waals surface area contributed by atoms with Gasteiger partial charge in [-0.3, -0.25) is 4.79 Å². The normalized spacial score (nSPS) is 10.0. The van der Waals surface area contributed by atoms with Gasteiger partial charge in [-0.15, -0.1) is 0 Å². The maximum absolute atomic E-state index is 12.2. The molecule has 0 bridgehead atoms. The number of nitrogens with one attached hydrogen (secondary N) is 1. The van der Waals surface area contributed by atoms with Gasteiger partial charge in [0.25, 0.3) is 5.91 Å². The summed E-state index contributed by atoms with van der Waals surface area (Å²) in [6.07, 6.45) is 1.47. The van der Waals surface area contributed by atoms with Gasteiger partial charge >= 0.3 is 0 Å². The highest BCUT2D eigenvalue weighted by molar-refractivity contribution is 6.04. The topological polar surface area (TPSA) is 95.2 Å². The number of anilines is 1. The maximum atomic E-state index is 12.2. The molecule has 0 spiro atoms. The molecule has 2 N–H and O–H groups in total. The minimum Gasteiger partial charge on any atom is -0.505 e. The Morgan fingerprint density at radius 1 is 1.08 bits per heavy atom. The first-order valence-corrected chi connectivity index (χ1v) is 7.81. The lowest BCUT2D eigenvalue weighted by molar-refractivity contribution is 0.101. The molecule has 0 atom stereocenters. The van der Waals surface area contributed by atoms with E-state index in [9.17, 15) is 9.90 Å². The molecule has 1 amide bonds. The molecular formula is C20H15N3O3. The Balaban J connectivity index is 1.68. The fourth-order valence-electron chi connectivity index (χ4n) is 2.25. The van der Waals surface area contributed by atoms with Gasteiger partial charge in [-0.25, -0.2) is 4.98 Å². The number of aryl methyl sites for hydroxylation is 1. The molecule has 0 aliphatic carbocycles. The van der Waals surface area contributed by atoms with Crippen LogP contribution in [0.4, 0.5) is 5.69 Å². The summed E-state index contributed by atoms with van der Waals surface area (Å²) in [7, 11) is 0. The molecule has 3 aromatic rings. The second-order valence-corrected chi connectivity index (χ2v) is 5.54. The van der Waals surface area contributed by atoms with Gasteiger partial charge in [0.15, 0.2) is 5.69 Å². The highest BCUT2D eigenvalue weighted by Gasteiger charge is 2.14. The summed E-state index contributed by atoms with van der Waals surface area (Å²) in [5.41, 5.74) is 1.66. The van der Waals surface area contributed by atoms with Crippen molar-refractivity contribution >= 4 is 11.6 Å². The molecule has 0 unspecified atom stereocenters. The average Bonchev–Trinajstić information content (AvgIpc) is 2.66. The Hall–Kier alpha value is -3.85. The van der Waals surface area contributed by atoms with E-state index in [-0.39, 0.29) is 11.4 Å². The highest BCUT2D eigenvalue weighted by atomic mass is 16.5. The van der Waals surface area contributed by atoms with Gasteiger partial charge in [0, 0.05) is 11.9 Å². The minimum atomic E-state index is -0.494. The summed E-state index contributed by atoms with van der Waals surface area (Å²) in [5.74, 6) is 0.566. The summed E-state index contributed by atoms with van der Waals surface area (Å²) in [6.45, 7) is 1.70. The smallest absolute Gasteiger partial charge is 0.278 e. The van der Waals surface area contributed by atoms with Crippen LogP contribution < -0.4 is 10.1 Å². The molecule has 0 saturated carbocycles. The second-order valence-electron chi connectivity index (χ2n) is 5.54. The lowest BCUT2D eigenvalue weighted by Gasteiger charge is -2.09. The lowest BCUT2D eigenvalue weighted by atomic mass is 10.2. The SMILES string of the molecule is Cc1ccnc(C(=O)Nc2ccc(Oc3ccc(C#N)cc3)cc2)c1O. The second kappa shape index (κ2) is 7.36. The number of aromatic hydroxyl groups is 1. The number of ether oxygens (including phenoxy) is 1. The number of benzene rings is 2. The first-order chi connectivity index (χ1) is 12.6. The molecule has 6 nitrogen and oxygen atoms in total. The van der Waals surface area contributed by atoms with Crippen molar-refractivity contribution in [1.29, 1.82) is 5.26 Å². The van der Waals surface area contributed by atoms with Crippen LogP contribution in [0.3, 0.4) is 0 Å². The highest BCUT2D eigenvalue weighted by Crippen LogP contribution is 2.24. The first kappa shape index (κ1) is 17.0. The summed E-state index contributed by atoms with van der Waals surface area (Å²) in [4.78, 5) is 16.1. The Morgan fingerprint density at radius 2 is 1.69 bits per heavy atom. The zero-order valence-electron chi connectivity index (χ0n) is 13.9. The molecule has 0 saturated heterocycles. The van der Waals surface area contributed by atoms with Gasteiger partial charge in [-0.2, -0.15) is 5.26 Å². The van der Waals surface area contributed by atoms with E-state index in [0.717, 1.165) is 0 Å². The number of rotatable bonds is 4. The Labute approximate surface area is 150 Å². The molecule has 0 fully saturated rings. The Bertz CT molecular complexity index is 975. The molecule has 0 aliphatic heterocycles. The first-order valence-electron chi connectivity index (χ1n) is 7.81. The average molecular weight is 345 g/mol. The van der Waals surface area contributed by atoms with E-state index >= 15 is 0 Å². The van der Waals surface area contributed by atoms with E-state index in [4.69, 9.17) is 10.00 Å². The number of hydrogen-bond donors (Lipinski definition) is 2. The van der Waals surface area contributed by atoms with Crippen LogP contribution in [0.5, 0.6) is 17.2 Å². The van der Waals surface area contributed by atoms with Crippen LogP contribution in [0, 0.1) is 18.3 Å². The van der Waals surface area contributed by atoms with E-state index in [1.165, 1.54) is 6.20 Å². The molecule has 3 rings (SSSR count). The van der Waals surface area contributed by atoms with E-state index < -0.39 is 5.91 Å². The Kier molecular flexibility index (Phi) is 4.81. The predicted octanol–water partition coefficient (Wildman–Crippen LogP) is 4.01. The zero-order chi connectivity index (χ0) is 18.5. The standard InChI is InChI=1S/C20H15N3O3/c1-13-10-11-22-18(19(13)24)20(25)23-15-4-8-17(9-5-15)26-16-6-2-14(12-21)3-7-16/h2-11,24H,1H3,(H,23,25). The summed E-state index contributed by atoms with van der Waals surface area (Å²) in [5, 5.41) is 21.4. The Morgan fingerprint density at radius 3 is 2.31 bits per heavy atom. The fraction of sp³-hybridized carbons (Fsp3) is 0.0500. The monoisotopic (exact) mass is 345 g/mol. The number of aromatic nitrogens is 1. The van der Waals surface area contributed by atoms with Crippen molar-refractivity contribution in [1.82, 2.24) is 4.98 Å². The van der Waals surface area contributed by atoms with Crippen molar-refractivity contribution in [2.75, 3.05) is 5.32 Å². The van der Waals surface area contributed by atoms with E-state index in [1.807, 2.05) is 6.07 Å². The molecule has 128 valence electrons. The van der Waals surface area contributed by atoms with Crippen LogP contribution in [0.15, 0.2) is 60.8 Å². The van der Waals surface area contributed by atoms with E-state index in [2.05, 4.69) is 10.3 Å². The minimum absolute atomic E-state index is 0.0251. The number of carbonyl (C=O) groups excluding carboxylic acids is 1. The van der Waals surface area contributed by atoms with E-state index in [0.29, 0.717) is 28.3 Å². The third kappa shape index (κ3) is 3.79. The van der Waals surface area contributed by atoms with Crippen molar-refractivity contribution in [3.05, 3.63) is 77.6 Å². The third-order valence-corrected chi connectivity index (χ3v) is 3.67. The third-order valence-electron chi connectivity index (χ3n) is 3.67. The number of carbonyl (C=O) groups is 1. The summed E-state index contributed by atoms with van der Waals surface area (Å²) < 4.78 is 5.68. The van der Waals surface area contributed by atoms with Crippen LogP contribution in [-0.4, -0.2) is 16.0 Å². The van der Waals surface area contributed by atoms with E-state index in [1.54, 1.807) is 61.5 Å². The zero-order valence-corrected chi connectivity index (χ0v) is 13.9. The quantitative estimate of drug-likeness (QED) is 0.745. The molecule has 0 aliphatic rings. The van der Waals surface area contributed by atoms with Gasteiger partial charge < -0.3 is 15.2 Å². The molecule has 0 radical (unpaired) electrons. The van der Waals surface area contributed by atoms with Crippen molar-refractivity contribution in [3.63, 3.8) is 0 Å². The van der Waals surface area contributed by atoms with Crippen molar-refractivity contribution in [2.24, 2.45) is 0 Å². The summed E-state index contributed by atoms with van der Waals surface area (Å²) in [6, 6.07) is 17.2. The van der Waals surface area contributed by atoms with Crippen LogP contribution in [0.1, 0.15) is 21.6 Å². The fourth-order valence-corrected chi connectivity index (χ4v) is 2.25. The summed E-state index contributed by atoms with van der Waals surface area (Å²) >= 11 is 0. The number of hydrogen-bond acceptors (Lipinski definition) is 5. The van der Waals surface area contributed by atoms with Gasteiger partial charge in [-0.1, -0.05) is 0 Å². The lowest BCUT2D eigenvalue weighted by Crippen LogP contribution is -2.14. The molecule has 2 aromatic carbocycles. The van der Waals surface area contributed by atoms with Gasteiger partial charge in [0.05, 0.1) is 11.6 Å². The molecule has 26 heavy (non-hydrogen) atoms. The van der Waals surface area contributed by atoms with Gasteiger partial charge in [0.1, 0.15) is 17.2 Å². The number of amides is 1. The van der Waals surface area contributed by atoms with Crippen LogP contribution >= 0.6 is 0 Å². The number of pyridine rings is 1. The molecule has 1 heterocycles. The molecule has 6 heteroatoms. The van der Waals surface area contributed by atoms with Gasteiger partial charge in [-0.05, 0) is 67.1 Å². The number of nitrogens with zero attached hydrogens (tertiary/aromatic N) is 2. The van der Waals surface area contributed by atoms with Crippen LogP contribution in [-0.2, 0) is 0 Å². The van der Waals surface area contributed by atoms with Crippen LogP contribution in [0.25, 0.3) is 0 Å². The largest absolute Gasteiger partial charge is 0.505 e. The van der Waals surface area contributed by atoms with Crippen LogP contribution in [0.2, 0.25) is 0 Å². The van der Waals surface area contributed by atoms with Gasteiger partial charge in [0.2, 0.25) is 0 Å². The number of nitriles is 1. The molecular weight excluding hydrogens is 330 g/mol. The predicted molar refractivity (Wildman–Crippen MR) is 96.3 cm³/mol. The van der Waals surface area contributed by atoms with Crippen molar-refractivity contribution in [2.45, 2.75) is 6.92 Å². The van der Waals surface area contributed by atoms with Crippen molar-refractivity contribution in [3.8, 4) is 23.3 Å². The van der Waals surface area contributed by atoms with Crippen molar-refractivity contribution < 1.29 is 14.6 Å². The maximum Gasteiger partial charge on any atom is 0.278 e. The molecule has 1 aromatic heterocycles.